The minimum Gasteiger partial charge on any atom is -0.444 e. The van der Waals surface area contributed by atoms with Gasteiger partial charge in [-0.2, -0.15) is 0 Å². The van der Waals surface area contributed by atoms with Crippen molar-refractivity contribution in [2.45, 2.75) is 51.4 Å². The Bertz CT molecular complexity index is 453. The Morgan fingerprint density at radius 3 is 2.60 bits per heavy atom. The Labute approximate surface area is 120 Å². The highest BCUT2D eigenvalue weighted by molar-refractivity contribution is 5.69. The minimum atomic E-state index is -0.661. The predicted octanol–water partition coefficient (Wildman–Crippen LogP) is 3.12. The molecule has 1 saturated heterocycles. The molecule has 1 heterocycles. The van der Waals surface area contributed by atoms with Gasteiger partial charge in [0.05, 0.1) is 12.1 Å². The molecule has 4 nitrogen and oxygen atoms in total. The van der Waals surface area contributed by atoms with Gasteiger partial charge >= 0.3 is 6.09 Å². The van der Waals surface area contributed by atoms with E-state index in [1.165, 1.54) is 0 Å². The summed E-state index contributed by atoms with van der Waals surface area (Å²) in [5.74, 6) is 0. The lowest BCUT2D eigenvalue weighted by atomic mass is 10.0. The van der Waals surface area contributed by atoms with E-state index < -0.39 is 11.7 Å². The molecule has 1 aliphatic rings. The van der Waals surface area contributed by atoms with Gasteiger partial charge in [-0.05, 0) is 39.2 Å². The lowest BCUT2D eigenvalue weighted by Gasteiger charge is -2.31. The Kier molecular flexibility index (Phi) is 4.33. The molecular formula is C16H23NO3. The van der Waals surface area contributed by atoms with Crippen LogP contribution in [0.2, 0.25) is 0 Å². The minimum absolute atomic E-state index is 0.202. The van der Waals surface area contributed by atoms with Gasteiger partial charge in [0.2, 0.25) is 0 Å². The summed E-state index contributed by atoms with van der Waals surface area (Å²) < 4.78 is 5.41. The van der Waals surface area contributed by atoms with Crippen LogP contribution in [0.4, 0.5) is 4.79 Å². The first-order valence-corrected chi connectivity index (χ1v) is 7.11. The van der Waals surface area contributed by atoms with Crippen LogP contribution < -0.4 is 0 Å². The zero-order chi connectivity index (χ0) is 14.8. The summed E-state index contributed by atoms with van der Waals surface area (Å²) >= 11 is 0. The van der Waals surface area contributed by atoms with E-state index in [-0.39, 0.29) is 12.1 Å². The molecule has 20 heavy (non-hydrogen) atoms. The third-order valence-corrected chi connectivity index (χ3v) is 3.43. The van der Waals surface area contributed by atoms with Crippen molar-refractivity contribution in [3.8, 4) is 0 Å². The first kappa shape index (κ1) is 14.9. The summed E-state index contributed by atoms with van der Waals surface area (Å²) in [5, 5.41) is 10.5. The zero-order valence-electron chi connectivity index (χ0n) is 12.4. The monoisotopic (exact) mass is 277 g/mol. The number of ether oxygens (including phenoxy) is 1. The lowest BCUT2D eigenvalue weighted by Crippen LogP contribution is -2.42. The number of amides is 1. The molecule has 1 N–H and O–H groups in total. The van der Waals surface area contributed by atoms with E-state index in [2.05, 4.69) is 0 Å². The third-order valence-electron chi connectivity index (χ3n) is 3.43. The molecule has 0 bridgehead atoms. The highest BCUT2D eigenvalue weighted by Gasteiger charge is 2.36. The number of likely N-dealkylation sites (tertiary alicyclic amines) is 1. The summed E-state index contributed by atoms with van der Waals surface area (Å²) in [4.78, 5) is 13.9. The molecule has 1 aromatic carbocycles. The van der Waals surface area contributed by atoms with E-state index in [1.807, 2.05) is 51.1 Å². The summed E-state index contributed by atoms with van der Waals surface area (Å²) in [6.07, 6.45) is 0.699. The lowest BCUT2D eigenvalue weighted by molar-refractivity contribution is 0.00490. The smallest absolute Gasteiger partial charge is 0.410 e. The maximum absolute atomic E-state index is 12.2. The van der Waals surface area contributed by atoms with E-state index >= 15 is 0 Å². The van der Waals surface area contributed by atoms with Crippen LogP contribution in [-0.2, 0) is 4.74 Å². The van der Waals surface area contributed by atoms with Crippen molar-refractivity contribution in [3.63, 3.8) is 0 Å². The van der Waals surface area contributed by atoms with Gasteiger partial charge in [0.15, 0.2) is 0 Å². The Morgan fingerprint density at radius 1 is 1.35 bits per heavy atom. The number of carbonyl (C=O) groups is 1. The molecule has 2 rings (SSSR count). The molecule has 1 fully saturated rings. The van der Waals surface area contributed by atoms with Crippen LogP contribution in [-0.4, -0.2) is 34.3 Å². The molecular weight excluding hydrogens is 254 g/mol. The second-order valence-corrected chi connectivity index (χ2v) is 6.24. The molecule has 4 heteroatoms. The van der Waals surface area contributed by atoms with Gasteiger partial charge in [0, 0.05) is 6.54 Å². The highest BCUT2D eigenvalue weighted by atomic mass is 16.6. The van der Waals surface area contributed by atoms with Crippen LogP contribution in [0.15, 0.2) is 30.3 Å². The topological polar surface area (TPSA) is 49.8 Å². The van der Waals surface area contributed by atoms with Gasteiger partial charge in [-0.15, -0.1) is 0 Å². The van der Waals surface area contributed by atoms with E-state index in [1.54, 1.807) is 4.90 Å². The van der Waals surface area contributed by atoms with Crippen LogP contribution in [0.25, 0.3) is 0 Å². The van der Waals surface area contributed by atoms with E-state index in [0.29, 0.717) is 6.54 Å². The second kappa shape index (κ2) is 5.83. The molecule has 0 radical (unpaired) electrons. The maximum Gasteiger partial charge on any atom is 0.410 e. The number of benzene rings is 1. The Hall–Kier alpha value is -1.55. The number of aliphatic hydroxyl groups is 1. The molecule has 0 unspecified atom stereocenters. The van der Waals surface area contributed by atoms with Gasteiger partial charge in [-0.25, -0.2) is 4.79 Å². The third kappa shape index (κ3) is 3.51. The van der Waals surface area contributed by atoms with Crippen molar-refractivity contribution in [2.24, 2.45) is 0 Å². The summed E-state index contributed by atoms with van der Waals surface area (Å²) in [6.45, 7) is 6.19. The second-order valence-electron chi connectivity index (χ2n) is 6.24. The molecule has 0 aromatic heterocycles. The van der Waals surface area contributed by atoms with Crippen LogP contribution in [0.3, 0.4) is 0 Å². The van der Waals surface area contributed by atoms with E-state index in [0.717, 1.165) is 18.4 Å². The van der Waals surface area contributed by atoms with Crippen molar-refractivity contribution in [1.82, 2.24) is 4.90 Å². The van der Waals surface area contributed by atoms with E-state index in [9.17, 15) is 9.90 Å². The fraction of sp³-hybridized carbons (Fsp3) is 0.562. The number of carbonyl (C=O) groups excluding carboxylic acids is 1. The number of rotatable bonds is 2. The van der Waals surface area contributed by atoms with Crippen LogP contribution in [0, 0.1) is 0 Å². The quantitative estimate of drug-likeness (QED) is 0.903. The summed E-state index contributed by atoms with van der Waals surface area (Å²) in [5.41, 5.74) is 0.329. The van der Waals surface area contributed by atoms with Gasteiger partial charge in [0.25, 0.3) is 0 Å². The maximum atomic E-state index is 12.2. The zero-order valence-corrected chi connectivity index (χ0v) is 12.4. The van der Waals surface area contributed by atoms with Gasteiger partial charge in [-0.3, -0.25) is 0 Å². The number of nitrogens with zero attached hydrogens (tertiary/aromatic N) is 1. The standard InChI is InChI=1S/C16H23NO3/c1-16(2,3)20-15(19)17-11-7-10-13(17)14(18)12-8-5-4-6-9-12/h4-6,8-9,13-14,18H,7,10-11H2,1-3H3/t13-,14+/m1/s1. The number of hydrogen-bond acceptors (Lipinski definition) is 3. The largest absolute Gasteiger partial charge is 0.444 e. The predicted molar refractivity (Wildman–Crippen MR) is 77.4 cm³/mol. The Morgan fingerprint density at radius 2 is 2.00 bits per heavy atom. The highest BCUT2D eigenvalue weighted by Crippen LogP contribution is 2.30. The van der Waals surface area contributed by atoms with Crippen molar-refractivity contribution in [2.75, 3.05) is 6.54 Å². The molecule has 1 aliphatic heterocycles. The van der Waals surface area contributed by atoms with Gasteiger partial charge < -0.3 is 14.7 Å². The molecule has 0 aliphatic carbocycles. The van der Waals surface area contributed by atoms with Crippen molar-refractivity contribution in [3.05, 3.63) is 35.9 Å². The first-order chi connectivity index (χ1) is 9.38. The van der Waals surface area contributed by atoms with Crippen molar-refractivity contribution in [1.29, 1.82) is 0 Å². The molecule has 2 atom stereocenters. The summed E-state index contributed by atoms with van der Waals surface area (Å²) in [6, 6.07) is 9.27. The SMILES string of the molecule is CC(C)(C)OC(=O)N1CCC[C@@H]1[C@@H](O)c1ccccc1. The van der Waals surface area contributed by atoms with Crippen molar-refractivity contribution >= 4 is 6.09 Å². The average molecular weight is 277 g/mol. The van der Waals surface area contributed by atoms with Crippen LogP contribution in [0.5, 0.6) is 0 Å². The molecule has 110 valence electrons. The van der Waals surface area contributed by atoms with Crippen molar-refractivity contribution < 1.29 is 14.6 Å². The van der Waals surface area contributed by atoms with Gasteiger partial charge in [-0.1, -0.05) is 30.3 Å². The first-order valence-electron chi connectivity index (χ1n) is 7.11. The normalized spacial score (nSPS) is 20.8. The molecule has 1 aromatic rings. The van der Waals surface area contributed by atoms with Gasteiger partial charge in [0.1, 0.15) is 5.60 Å². The fourth-order valence-electron chi connectivity index (χ4n) is 2.54. The molecule has 0 saturated carbocycles. The molecule has 1 amide bonds. The molecule has 0 spiro atoms. The average Bonchev–Trinajstić information content (AvgIpc) is 2.86. The number of aliphatic hydroxyl groups excluding tert-OH is 1. The van der Waals surface area contributed by atoms with E-state index in [4.69, 9.17) is 4.74 Å². The fourth-order valence-corrected chi connectivity index (χ4v) is 2.54. The summed E-state index contributed by atoms with van der Waals surface area (Å²) in [7, 11) is 0. The van der Waals surface area contributed by atoms with Crippen LogP contribution >= 0.6 is 0 Å². The van der Waals surface area contributed by atoms with Crippen LogP contribution in [0.1, 0.15) is 45.3 Å². The Balaban J connectivity index is 2.09. The number of hydrogen-bond donors (Lipinski definition) is 1.